The number of halogens is 2. The molecule has 0 bridgehead atoms. The first kappa shape index (κ1) is 16.0. The van der Waals surface area contributed by atoms with Crippen molar-refractivity contribution in [1.82, 2.24) is 14.8 Å². The van der Waals surface area contributed by atoms with E-state index in [1.165, 1.54) is 6.33 Å². The average Bonchev–Trinajstić information content (AvgIpc) is 3.12. The third-order valence-corrected chi connectivity index (χ3v) is 4.83. The van der Waals surface area contributed by atoms with Crippen molar-refractivity contribution in [3.63, 3.8) is 0 Å². The maximum Gasteiger partial charge on any atom is 0.226 e. The molecule has 25 heavy (non-hydrogen) atoms. The van der Waals surface area contributed by atoms with Crippen LogP contribution in [-0.2, 0) is 0 Å². The normalized spacial score (nSPS) is 16.0. The molecule has 1 aliphatic heterocycles. The number of methoxy groups -OCH3 is 1. The summed E-state index contributed by atoms with van der Waals surface area (Å²) in [6, 6.07) is 13.3. The number of nitrogens with zero attached hydrogens (tertiary/aromatic N) is 3. The Labute approximate surface area is 154 Å². The molecule has 4 rings (SSSR count). The van der Waals surface area contributed by atoms with Crippen molar-refractivity contribution in [2.75, 3.05) is 12.4 Å². The predicted molar refractivity (Wildman–Crippen MR) is 99.2 cm³/mol. The number of benzene rings is 2. The molecule has 1 N–H and O–H groups in total. The van der Waals surface area contributed by atoms with E-state index in [4.69, 9.17) is 27.9 Å². The highest BCUT2D eigenvalue weighted by atomic mass is 35.5. The molecular formula is C18H14Cl2N4O. The van der Waals surface area contributed by atoms with Crippen LogP contribution >= 0.6 is 23.2 Å². The second-order valence-electron chi connectivity index (χ2n) is 5.58. The zero-order chi connectivity index (χ0) is 17.4. The van der Waals surface area contributed by atoms with Crippen molar-refractivity contribution in [1.29, 1.82) is 0 Å². The first-order chi connectivity index (χ1) is 12.2. The van der Waals surface area contributed by atoms with Crippen molar-refractivity contribution in [2.24, 2.45) is 0 Å². The number of ether oxygens (including phenoxy) is 1. The molecule has 1 atom stereocenters. The molecule has 5 nitrogen and oxygen atoms in total. The Kier molecular flexibility index (Phi) is 4.11. The van der Waals surface area contributed by atoms with Crippen molar-refractivity contribution in [3.05, 3.63) is 76.0 Å². The molecule has 0 saturated heterocycles. The van der Waals surface area contributed by atoms with E-state index < -0.39 is 0 Å². The van der Waals surface area contributed by atoms with Crippen LogP contribution in [0.4, 0.5) is 5.95 Å². The molecule has 2 aromatic carbocycles. The predicted octanol–water partition coefficient (Wildman–Crippen LogP) is 4.65. The smallest absolute Gasteiger partial charge is 0.226 e. The first-order valence-electron chi connectivity index (χ1n) is 7.63. The summed E-state index contributed by atoms with van der Waals surface area (Å²) in [6.07, 6.45) is 3.62. The minimum atomic E-state index is -0.0888. The van der Waals surface area contributed by atoms with Gasteiger partial charge in [-0.1, -0.05) is 41.4 Å². The van der Waals surface area contributed by atoms with E-state index >= 15 is 0 Å². The van der Waals surface area contributed by atoms with Gasteiger partial charge in [0.05, 0.1) is 17.2 Å². The lowest BCUT2D eigenvalue weighted by molar-refractivity contribution is 0.414. The Bertz CT molecular complexity index is 950. The highest BCUT2D eigenvalue weighted by molar-refractivity contribution is 6.42. The molecule has 0 aliphatic carbocycles. The molecular weight excluding hydrogens is 359 g/mol. The summed E-state index contributed by atoms with van der Waals surface area (Å²) in [6.45, 7) is 0. The molecule has 0 saturated carbocycles. The van der Waals surface area contributed by atoms with Crippen LogP contribution in [0.5, 0.6) is 5.75 Å². The van der Waals surface area contributed by atoms with Gasteiger partial charge >= 0.3 is 0 Å². The molecule has 0 spiro atoms. The number of hydrogen-bond donors (Lipinski definition) is 1. The fourth-order valence-electron chi connectivity index (χ4n) is 2.80. The molecule has 1 aromatic heterocycles. The van der Waals surface area contributed by atoms with Crippen molar-refractivity contribution in [3.8, 4) is 5.75 Å². The van der Waals surface area contributed by atoms with Gasteiger partial charge in [-0.2, -0.15) is 10.1 Å². The quantitative estimate of drug-likeness (QED) is 0.726. The van der Waals surface area contributed by atoms with E-state index in [-0.39, 0.29) is 6.04 Å². The van der Waals surface area contributed by atoms with Gasteiger partial charge in [-0.3, -0.25) is 0 Å². The molecule has 2 heterocycles. The van der Waals surface area contributed by atoms with Gasteiger partial charge in [0.2, 0.25) is 5.95 Å². The molecule has 7 heteroatoms. The Morgan fingerprint density at radius 1 is 1.08 bits per heavy atom. The van der Waals surface area contributed by atoms with Crippen LogP contribution in [0.2, 0.25) is 10.0 Å². The van der Waals surface area contributed by atoms with Gasteiger partial charge in [0.15, 0.2) is 0 Å². The van der Waals surface area contributed by atoms with Gasteiger partial charge < -0.3 is 10.1 Å². The van der Waals surface area contributed by atoms with Crippen molar-refractivity contribution < 1.29 is 4.74 Å². The van der Waals surface area contributed by atoms with Crippen LogP contribution in [0.15, 0.2) is 54.9 Å². The van der Waals surface area contributed by atoms with E-state index in [2.05, 4.69) is 21.5 Å². The van der Waals surface area contributed by atoms with Crippen molar-refractivity contribution in [2.45, 2.75) is 6.04 Å². The second-order valence-corrected chi connectivity index (χ2v) is 6.39. The van der Waals surface area contributed by atoms with Crippen LogP contribution in [0.3, 0.4) is 0 Å². The molecule has 3 aromatic rings. The van der Waals surface area contributed by atoms with E-state index in [1.807, 2.05) is 41.1 Å². The van der Waals surface area contributed by atoms with E-state index in [0.29, 0.717) is 16.0 Å². The van der Waals surface area contributed by atoms with E-state index in [0.717, 1.165) is 22.6 Å². The largest absolute Gasteiger partial charge is 0.497 e. The highest BCUT2D eigenvalue weighted by Gasteiger charge is 2.23. The summed E-state index contributed by atoms with van der Waals surface area (Å²) in [5.74, 6) is 1.48. The number of nitrogens with one attached hydrogen (secondary N) is 1. The molecule has 0 fully saturated rings. The second kappa shape index (κ2) is 6.43. The maximum absolute atomic E-state index is 6.16. The number of aromatic nitrogens is 3. The lowest BCUT2D eigenvalue weighted by Crippen LogP contribution is -2.20. The van der Waals surface area contributed by atoms with Gasteiger partial charge in [-0.05, 0) is 41.5 Å². The molecule has 1 aliphatic rings. The van der Waals surface area contributed by atoms with Crippen LogP contribution in [0.25, 0.3) is 5.70 Å². The molecule has 1 unspecified atom stereocenters. The summed E-state index contributed by atoms with van der Waals surface area (Å²) >= 11 is 12.2. The average molecular weight is 373 g/mol. The van der Waals surface area contributed by atoms with Crippen LogP contribution in [0, 0.1) is 0 Å². The summed E-state index contributed by atoms with van der Waals surface area (Å²) in [4.78, 5) is 4.30. The summed E-state index contributed by atoms with van der Waals surface area (Å²) in [5, 5.41) is 8.66. The highest BCUT2D eigenvalue weighted by Crippen LogP contribution is 2.34. The Balaban J connectivity index is 1.78. The fourth-order valence-corrected chi connectivity index (χ4v) is 3.10. The van der Waals surface area contributed by atoms with E-state index in [9.17, 15) is 0 Å². The molecule has 126 valence electrons. The zero-order valence-electron chi connectivity index (χ0n) is 13.3. The van der Waals surface area contributed by atoms with Gasteiger partial charge in [0.25, 0.3) is 0 Å². The monoisotopic (exact) mass is 372 g/mol. The third-order valence-electron chi connectivity index (χ3n) is 4.10. The minimum absolute atomic E-state index is 0.0888. The van der Waals surface area contributed by atoms with E-state index in [1.54, 1.807) is 13.2 Å². The summed E-state index contributed by atoms with van der Waals surface area (Å²) in [7, 11) is 1.65. The van der Waals surface area contributed by atoms with Crippen LogP contribution < -0.4 is 10.1 Å². The van der Waals surface area contributed by atoms with Crippen LogP contribution in [0.1, 0.15) is 17.2 Å². The fraction of sp³-hybridized carbons (Fsp3) is 0.111. The number of anilines is 1. The lowest BCUT2D eigenvalue weighted by Gasteiger charge is -2.24. The summed E-state index contributed by atoms with van der Waals surface area (Å²) < 4.78 is 7.07. The Morgan fingerprint density at radius 3 is 2.60 bits per heavy atom. The number of allylic oxidation sites excluding steroid dienone is 1. The van der Waals surface area contributed by atoms with Gasteiger partial charge in [-0.15, -0.1) is 0 Å². The number of rotatable bonds is 3. The third kappa shape index (κ3) is 2.97. The zero-order valence-corrected chi connectivity index (χ0v) is 14.8. The van der Waals surface area contributed by atoms with Gasteiger partial charge in [0.1, 0.15) is 18.1 Å². The molecule has 0 amide bonds. The van der Waals surface area contributed by atoms with Gasteiger partial charge in [-0.25, -0.2) is 4.68 Å². The lowest BCUT2D eigenvalue weighted by atomic mass is 10.0. The minimum Gasteiger partial charge on any atom is -0.497 e. The number of fused-ring (bicyclic) bond motifs is 1. The summed E-state index contributed by atoms with van der Waals surface area (Å²) in [5.41, 5.74) is 2.91. The SMILES string of the molecule is COc1ccc(C2C=C(c3ccc(Cl)c(Cl)c3)Nc3ncnn32)cc1. The van der Waals surface area contributed by atoms with Crippen LogP contribution in [-0.4, -0.2) is 21.9 Å². The Hall–Kier alpha value is -2.50. The number of hydrogen-bond acceptors (Lipinski definition) is 4. The first-order valence-corrected chi connectivity index (χ1v) is 8.39. The molecule has 0 radical (unpaired) electrons. The Morgan fingerprint density at radius 2 is 1.88 bits per heavy atom. The van der Waals surface area contributed by atoms with Gasteiger partial charge in [0, 0.05) is 5.70 Å². The van der Waals surface area contributed by atoms with Crippen molar-refractivity contribution >= 4 is 34.8 Å². The maximum atomic E-state index is 6.16. The standard InChI is InChI=1S/C18H14Cl2N4O/c1-25-13-5-2-11(3-6-13)17-9-16(23-18-21-10-22-24(17)18)12-4-7-14(19)15(20)8-12/h2-10,17H,1H3,(H,21,22,23). The topological polar surface area (TPSA) is 52.0 Å².